The highest BCUT2D eigenvalue weighted by Gasteiger charge is 2.20. The Labute approximate surface area is 155 Å². The van der Waals surface area contributed by atoms with Crippen LogP contribution in [-0.2, 0) is 13.0 Å². The molecule has 1 N–H and O–H groups in total. The first-order chi connectivity index (χ1) is 12.7. The number of nitrogens with zero attached hydrogens (tertiary/aromatic N) is 2. The van der Waals surface area contributed by atoms with E-state index in [2.05, 4.69) is 47.5 Å². The summed E-state index contributed by atoms with van der Waals surface area (Å²) < 4.78 is 0. The third kappa shape index (κ3) is 3.69. The van der Waals surface area contributed by atoms with Crippen LogP contribution in [0.3, 0.4) is 0 Å². The van der Waals surface area contributed by atoms with Gasteiger partial charge in [-0.15, -0.1) is 0 Å². The van der Waals surface area contributed by atoms with Crippen LogP contribution in [-0.4, -0.2) is 30.6 Å². The van der Waals surface area contributed by atoms with Gasteiger partial charge < -0.3 is 15.1 Å². The fourth-order valence-corrected chi connectivity index (χ4v) is 3.89. The topological polar surface area (TPSA) is 35.6 Å². The maximum atomic E-state index is 12.6. The van der Waals surface area contributed by atoms with Crippen LogP contribution in [0.15, 0.2) is 48.5 Å². The molecular formula is C22H27N3O. The molecule has 0 radical (unpaired) electrons. The molecule has 4 rings (SSSR count). The molecule has 0 bridgehead atoms. The van der Waals surface area contributed by atoms with E-state index in [0.717, 1.165) is 37.7 Å². The number of hydrogen-bond donors (Lipinski definition) is 1. The maximum absolute atomic E-state index is 12.6. The van der Waals surface area contributed by atoms with Gasteiger partial charge in [0.25, 0.3) is 0 Å². The number of anilines is 2. The second-order valence-corrected chi connectivity index (χ2v) is 7.59. The zero-order chi connectivity index (χ0) is 17.9. The molecule has 0 aliphatic carbocycles. The van der Waals surface area contributed by atoms with Crippen LogP contribution in [0.5, 0.6) is 0 Å². The molecule has 2 aromatic carbocycles. The fourth-order valence-electron chi connectivity index (χ4n) is 3.89. The van der Waals surface area contributed by atoms with E-state index in [4.69, 9.17) is 0 Å². The van der Waals surface area contributed by atoms with E-state index < -0.39 is 0 Å². The Hall–Kier alpha value is -2.49. The molecule has 2 amide bonds. The number of nitrogens with one attached hydrogen (secondary N) is 1. The Kier molecular flexibility index (Phi) is 4.83. The lowest BCUT2D eigenvalue weighted by molar-refractivity contribution is 0.206. The van der Waals surface area contributed by atoms with Gasteiger partial charge in [0.05, 0.1) is 0 Å². The second-order valence-electron chi connectivity index (χ2n) is 7.59. The second kappa shape index (κ2) is 7.40. The van der Waals surface area contributed by atoms with Gasteiger partial charge >= 0.3 is 6.03 Å². The number of rotatable bonds is 2. The van der Waals surface area contributed by atoms with Crippen molar-refractivity contribution in [1.29, 1.82) is 0 Å². The molecule has 4 nitrogen and oxygen atoms in total. The first-order valence-electron chi connectivity index (χ1n) is 9.67. The molecule has 0 spiro atoms. The minimum absolute atomic E-state index is 0.0148. The first kappa shape index (κ1) is 17.0. The molecule has 2 aromatic rings. The molecule has 4 heteroatoms. The van der Waals surface area contributed by atoms with Crippen molar-refractivity contribution in [2.45, 2.75) is 32.7 Å². The lowest BCUT2D eigenvalue weighted by atomic mass is 9.99. The van der Waals surface area contributed by atoms with Crippen LogP contribution < -0.4 is 10.2 Å². The van der Waals surface area contributed by atoms with Gasteiger partial charge in [-0.05, 0) is 60.6 Å². The highest BCUT2D eigenvalue weighted by Crippen LogP contribution is 2.25. The number of urea groups is 1. The van der Waals surface area contributed by atoms with Gasteiger partial charge in [0.15, 0.2) is 0 Å². The summed E-state index contributed by atoms with van der Waals surface area (Å²) in [6.45, 7) is 6.04. The average Bonchev–Trinajstić information content (AvgIpc) is 2.69. The Bertz CT molecular complexity index is 763. The molecule has 1 fully saturated rings. The third-order valence-electron chi connectivity index (χ3n) is 5.69. The van der Waals surface area contributed by atoms with Crippen molar-refractivity contribution >= 4 is 17.4 Å². The summed E-state index contributed by atoms with van der Waals surface area (Å²) in [6.07, 6.45) is 3.44. The summed E-state index contributed by atoms with van der Waals surface area (Å²) in [7, 11) is 0. The lowest BCUT2D eigenvalue weighted by Gasteiger charge is -2.32. The number of benzene rings is 2. The summed E-state index contributed by atoms with van der Waals surface area (Å²) in [6, 6.07) is 16.6. The zero-order valence-corrected chi connectivity index (χ0v) is 15.4. The minimum Gasteiger partial charge on any atom is -0.372 e. The van der Waals surface area contributed by atoms with Crippen LogP contribution in [0.4, 0.5) is 16.2 Å². The minimum atomic E-state index is -0.0148. The quantitative estimate of drug-likeness (QED) is 0.866. The molecule has 136 valence electrons. The van der Waals surface area contributed by atoms with Crippen LogP contribution >= 0.6 is 0 Å². The van der Waals surface area contributed by atoms with E-state index in [0.29, 0.717) is 6.54 Å². The smallest absolute Gasteiger partial charge is 0.322 e. The Morgan fingerprint density at radius 2 is 1.65 bits per heavy atom. The van der Waals surface area contributed by atoms with E-state index >= 15 is 0 Å². The van der Waals surface area contributed by atoms with E-state index in [1.54, 1.807) is 0 Å². The normalized spacial score (nSPS) is 17.7. The van der Waals surface area contributed by atoms with Crippen LogP contribution in [0.25, 0.3) is 0 Å². The molecule has 0 aromatic heterocycles. The van der Waals surface area contributed by atoms with Crippen molar-refractivity contribution in [3.63, 3.8) is 0 Å². The summed E-state index contributed by atoms with van der Waals surface area (Å²) >= 11 is 0. The summed E-state index contributed by atoms with van der Waals surface area (Å²) in [5.41, 5.74) is 4.73. The van der Waals surface area contributed by atoms with Crippen molar-refractivity contribution in [1.82, 2.24) is 4.90 Å². The van der Waals surface area contributed by atoms with Crippen molar-refractivity contribution in [2.75, 3.05) is 29.9 Å². The highest BCUT2D eigenvalue weighted by molar-refractivity contribution is 5.89. The average molecular weight is 349 g/mol. The molecular weight excluding hydrogens is 322 g/mol. The zero-order valence-electron chi connectivity index (χ0n) is 15.4. The Morgan fingerprint density at radius 1 is 0.962 bits per heavy atom. The van der Waals surface area contributed by atoms with Crippen LogP contribution in [0.1, 0.15) is 30.9 Å². The molecule has 2 heterocycles. The first-order valence-corrected chi connectivity index (χ1v) is 9.67. The largest absolute Gasteiger partial charge is 0.372 e. The highest BCUT2D eigenvalue weighted by atomic mass is 16.2. The van der Waals surface area contributed by atoms with E-state index in [1.165, 1.54) is 29.7 Å². The van der Waals surface area contributed by atoms with Crippen molar-refractivity contribution in [2.24, 2.45) is 5.92 Å². The molecule has 26 heavy (non-hydrogen) atoms. The third-order valence-corrected chi connectivity index (χ3v) is 5.69. The number of piperidine rings is 1. The molecule has 2 aliphatic heterocycles. The number of amides is 2. The standard InChI is InChI=1S/C22H27N3O/c1-17-10-13-24(14-11-17)21-8-6-20(7-9-21)23-22(26)25-15-12-18-4-2-3-5-19(18)16-25/h2-9,17H,10-16H2,1H3,(H,23,26). The van der Waals surface area contributed by atoms with Crippen molar-refractivity contribution in [3.05, 3.63) is 59.7 Å². The summed E-state index contributed by atoms with van der Waals surface area (Å²) in [4.78, 5) is 16.9. The van der Waals surface area contributed by atoms with Gasteiger partial charge in [-0.1, -0.05) is 31.2 Å². The predicted molar refractivity (Wildman–Crippen MR) is 107 cm³/mol. The van der Waals surface area contributed by atoms with Gasteiger partial charge in [-0.2, -0.15) is 0 Å². The summed E-state index contributed by atoms with van der Waals surface area (Å²) in [5, 5.41) is 3.05. The lowest BCUT2D eigenvalue weighted by Crippen LogP contribution is -2.38. The molecule has 1 saturated heterocycles. The fraction of sp³-hybridized carbons (Fsp3) is 0.409. The van der Waals surface area contributed by atoms with E-state index in [-0.39, 0.29) is 6.03 Å². The van der Waals surface area contributed by atoms with Crippen molar-refractivity contribution < 1.29 is 4.79 Å². The van der Waals surface area contributed by atoms with Gasteiger partial charge in [0, 0.05) is 37.6 Å². The monoisotopic (exact) mass is 349 g/mol. The van der Waals surface area contributed by atoms with Gasteiger partial charge in [-0.3, -0.25) is 0 Å². The molecule has 0 saturated carbocycles. The number of carbonyl (C=O) groups excluding carboxylic acids is 1. The Balaban J connectivity index is 1.36. The van der Waals surface area contributed by atoms with Gasteiger partial charge in [0.1, 0.15) is 0 Å². The number of fused-ring (bicyclic) bond motifs is 1. The molecule has 0 atom stereocenters. The van der Waals surface area contributed by atoms with Gasteiger partial charge in [-0.25, -0.2) is 4.79 Å². The van der Waals surface area contributed by atoms with Crippen molar-refractivity contribution in [3.8, 4) is 0 Å². The predicted octanol–water partition coefficient (Wildman–Crippen LogP) is 4.51. The summed E-state index contributed by atoms with van der Waals surface area (Å²) in [5.74, 6) is 0.833. The molecule has 2 aliphatic rings. The number of carbonyl (C=O) groups is 1. The van der Waals surface area contributed by atoms with Crippen LogP contribution in [0.2, 0.25) is 0 Å². The Morgan fingerprint density at radius 3 is 2.38 bits per heavy atom. The number of hydrogen-bond acceptors (Lipinski definition) is 2. The maximum Gasteiger partial charge on any atom is 0.322 e. The van der Waals surface area contributed by atoms with Gasteiger partial charge in [0.2, 0.25) is 0 Å². The SMILES string of the molecule is CC1CCN(c2ccc(NC(=O)N3CCc4ccccc4C3)cc2)CC1. The van der Waals surface area contributed by atoms with Crippen LogP contribution in [0, 0.1) is 5.92 Å². The van der Waals surface area contributed by atoms with E-state index in [9.17, 15) is 4.79 Å². The van der Waals surface area contributed by atoms with E-state index in [1.807, 2.05) is 23.1 Å². The molecule has 0 unspecified atom stereocenters.